The maximum Gasteiger partial charge on any atom is 0.307 e. The Morgan fingerprint density at radius 3 is 2.78 bits per heavy atom. The number of aliphatic carboxylic acids is 1. The van der Waals surface area contributed by atoms with Gasteiger partial charge in [0.1, 0.15) is 0 Å². The summed E-state index contributed by atoms with van der Waals surface area (Å²) in [5, 5.41) is 12.5. The lowest BCUT2D eigenvalue weighted by atomic mass is 9.98. The van der Waals surface area contributed by atoms with Crippen LogP contribution in [0.15, 0.2) is 24.3 Å². The summed E-state index contributed by atoms with van der Waals surface area (Å²) in [6.07, 6.45) is 1.97. The summed E-state index contributed by atoms with van der Waals surface area (Å²) in [6, 6.07) is 7.41. The first-order valence-corrected chi connectivity index (χ1v) is 7.89. The fraction of sp³-hybridized carbons (Fsp3) is 0.500. The van der Waals surface area contributed by atoms with Crippen LogP contribution in [-0.2, 0) is 16.1 Å². The molecule has 0 saturated carbocycles. The molecule has 1 amide bonds. The number of carbonyl (C=O) groups is 2. The van der Waals surface area contributed by atoms with E-state index in [9.17, 15) is 9.59 Å². The minimum atomic E-state index is -0.743. The molecule has 2 N–H and O–H groups in total. The molecule has 1 saturated heterocycles. The van der Waals surface area contributed by atoms with Gasteiger partial charge >= 0.3 is 5.97 Å². The normalized spacial score (nSPS) is 18.0. The van der Waals surface area contributed by atoms with E-state index >= 15 is 0 Å². The maximum atomic E-state index is 11.9. The highest BCUT2D eigenvalue weighted by atomic mass is 35.5. The summed E-state index contributed by atoms with van der Waals surface area (Å²) in [7, 11) is 0. The first kappa shape index (κ1) is 19.7. The molecule has 0 bridgehead atoms. The number of hydrogen-bond donors (Lipinski definition) is 2. The lowest BCUT2D eigenvalue weighted by molar-refractivity contribution is -0.143. The predicted octanol–water partition coefficient (Wildman–Crippen LogP) is 2.56. The number of likely N-dealkylation sites (tertiary alicyclic amines) is 1. The maximum absolute atomic E-state index is 11.9. The number of nitrogens with zero attached hydrogens (tertiary/aromatic N) is 1. The van der Waals surface area contributed by atoms with Crippen molar-refractivity contribution in [3.05, 3.63) is 34.9 Å². The quantitative estimate of drug-likeness (QED) is 0.817. The number of hydrogen-bond acceptors (Lipinski definition) is 3. The minimum absolute atomic E-state index is 0. The van der Waals surface area contributed by atoms with Gasteiger partial charge in [-0.1, -0.05) is 29.8 Å². The van der Waals surface area contributed by atoms with Crippen LogP contribution in [-0.4, -0.2) is 41.5 Å². The lowest BCUT2D eigenvalue weighted by Crippen LogP contribution is -2.40. The molecule has 0 spiro atoms. The van der Waals surface area contributed by atoms with Gasteiger partial charge in [-0.3, -0.25) is 9.59 Å². The van der Waals surface area contributed by atoms with Gasteiger partial charge in [0.25, 0.3) is 0 Å². The summed E-state index contributed by atoms with van der Waals surface area (Å²) in [4.78, 5) is 25.0. The Labute approximate surface area is 147 Å². The summed E-state index contributed by atoms with van der Waals surface area (Å²) < 4.78 is 0. The van der Waals surface area contributed by atoms with Crippen molar-refractivity contribution in [3.8, 4) is 0 Å². The number of carbonyl (C=O) groups excluding carboxylic acids is 1. The number of rotatable bonds is 6. The van der Waals surface area contributed by atoms with Gasteiger partial charge in [0.15, 0.2) is 0 Å². The van der Waals surface area contributed by atoms with E-state index in [1.807, 2.05) is 18.2 Å². The molecule has 0 aromatic heterocycles. The fourth-order valence-corrected chi connectivity index (χ4v) is 2.85. The van der Waals surface area contributed by atoms with E-state index in [4.69, 9.17) is 16.7 Å². The molecular formula is C16H22Cl2N2O3. The second-order valence-electron chi connectivity index (χ2n) is 5.60. The molecule has 5 nitrogen and oxygen atoms in total. The third-order valence-electron chi connectivity index (χ3n) is 3.94. The van der Waals surface area contributed by atoms with Crippen molar-refractivity contribution in [2.24, 2.45) is 5.92 Å². The molecule has 2 rings (SSSR count). The molecule has 1 unspecified atom stereocenters. The topological polar surface area (TPSA) is 69.6 Å². The van der Waals surface area contributed by atoms with E-state index in [1.165, 1.54) is 0 Å². The highest BCUT2D eigenvalue weighted by molar-refractivity contribution is 6.31. The average molecular weight is 361 g/mol. The van der Waals surface area contributed by atoms with Gasteiger partial charge in [-0.2, -0.15) is 0 Å². The monoisotopic (exact) mass is 360 g/mol. The van der Waals surface area contributed by atoms with Crippen molar-refractivity contribution in [2.75, 3.05) is 19.6 Å². The van der Waals surface area contributed by atoms with E-state index in [2.05, 4.69) is 10.2 Å². The Morgan fingerprint density at radius 1 is 1.35 bits per heavy atom. The van der Waals surface area contributed by atoms with Crippen LogP contribution in [0.1, 0.15) is 24.8 Å². The SMILES string of the molecule is Cl.O=C(CCN1CCCC(C(=O)O)C1)NCc1ccccc1Cl. The van der Waals surface area contributed by atoms with Crippen molar-refractivity contribution in [1.82, 2.24) is 10.2 Å². The molecule has 128 valence electrons. The van der Waals surface area contributed by atoms with E-state index in [0.717, 1.165) is 24.9 Å². The molecule has 0 radical (unpaired) electrons. The summed E-state index contributed by atoms with van der Waals surface area (Å²) >= 11 is 6.04. The number of halogens is 2. The number of amides is 1. The Balaban J connectivity index is 0.00000264. The van der Waals surface area contributed by atoms with E-state index in [0.29, 0.717) is 31.1 Å². The van der Waals surface area contributed by atoms with Gasteiger partial charge in [0, 0.05) is 31.1 Å². The second kappa shape index (κ2) is 9.75. The zero-order chi connectivity index (χ0) is 15.9. The molecule has 1 aromatic carbocycles. The van der Waals surface area contributed by atoms with Crippen molar-refractivity contribution in [2.45, 2.75) is 25.8 Å². The van der Waals surface area contributed by atoms with Crippen molar-refractivity contribution in [1.29, 1.82) is 0 Å². The molecule has 1 fully saturated rings. The molecule has 1 heterocycles. The van der Waals surface area contributed by atoms with Crippen LogP contribution in [0, 0.1) is 5.92 Å². The van der Waals surface area contributed by atoms with E-state index in [1.54, 1.807) is 6.07 Å². The minimum Gasteiger partial charge on any atom is -0.481 e. The smallest absolute Gasteiger partial charge is 0.307 e. The van der Waals surface area contributed by atoms with Gasteiger partial charge in [-0.25, -0.2) is 0 Å². The first-order valence-electron chi connectivity index (χ1n) is 7.51. The number of nitrogens with one attached hydrogen (secondary N) is 1. The van der Waals surface area contributed by atoms with Crippen molar-refractivity contribution < 1.29 is 14.7 Å². The fourth-order valence-electron chi connectivity index (χ4n) is 2.64. The Bertz CT molecular complexity index is 540. The Morgan fingerprint density at radius 2 is 2.09 bits per heavy atom. The molecule has 1 aromatic rings. The van der Waals surface area contributed by atoms with Crippen LogP contribution in [0.25, 0.3) is 0 Å². The zero-order valence-electron chi connectivity index (χ0n) is 12.8. The van der Waals surface area contributed by atoms with Gasteiger partial charge in [0.2, 0.25) is 5.91 Å². The Hall–Kier alpha value is -1.30. The van der Waals surface area contributed by atoms with E-state index in [-0.39, 0.29) is 24.2 Å². The second-order valence-corrected chi connectivity index (χ2v) is 6.00. The first-order chi connectivity index (χ1) is 10.6. The number of piperidine rings is 1. The number of carboxylic acid groups (broad SMARTS) is 1. The van der Waals surface area contributed by atoms with Gasteiger partial charge in [-0.15, -0.1) is 12.4 Å². The van der Waals surface area contributed by atoms with Crippen molar-refractivity contribution >= 4 is 35.9 Å². The molecule has 1 aliphatic rings. The number of carboxylic acids is 1. The lowest BCUT2D eigenvalue weighted by Gasteiger charge is -2.30. The molecule has 23 heavy (non-hydrogen) atoms. The summed E-state index contributed by atoms with van der Waals surface area (Å²) in [5.41, 5.74) is 0.890. The highest BCUT2D eigenvalue weighted by Crippen LogP contribution is 2.17. The molecule has 1 atom stereocenters. The average Bonchev–Trinajstić information content (AvgIpc) is 2.52. The van der Waals surface area contributed by atoms with Crippen LogP contribution < -0.4 is 5.32 Å². The van der Waals surface area contributed by atoms with Gasteiger partial charge < -0.3 is 15.3 Å². The summed E-state index contributed by atoms with van der Waals surface area (Å²) in [5.74, 6) is -1.09. The predicted molar refractivity (Wildman–Crippen MR) is 92.0 cm³/mol. The molecule has 0 aliphatic carbocycles. The third-order valence-corrected chi connectivity index (χ3v) is 4.31. The van der Waals surface area contributed by atoms with Crippen LogP contribution in [0.4, 0.5) is 0 Å². The molecule has 7 heteroatoms. The molecule has 1 aliphatic heterocycles. The van der Waals surface area contributed by atoms with Crippen LogP contribution in [0.2, 0.25) is 5.02 Å². The van der Waals surface area contributed by atoms with Crippen LogP contribution >= 0.6 is 24.0 Å². The Kier molecular flexibility index (Phi) is 8.37. The van der Waals surface area contributed by atoms with Crippen molar-refractivity contribution in [3.63, 3.8) is 0 Å². The standard InChI is InChI=1S/C16H21ClN2O3.ClH/c17-14-6-2-1-4-12(14)10-18-15(20)7-9-19-8-3-5-13(11-19)16(21)22;/h1-2,4,6,13H,3,5,7-11H2,(H,18,20)(H,21,22);1H. The zero-order valence-corrected chi connectivity index (χ0v) is 14.4. The molecular weight excluding hydrogens is 339 g/mol. The summed E-state index contributed by atoms with van der Waals surface area (Å²) in [6.45, 7) is 2.41. The number of benzene rings is 1. The van der Waals surface area contributed by atoms with E-state index < -0.39 is 5.97 Å². The van der Waals surface area contributed by atoms with Gasteiger partial charge in [-0.05, 0) is 31.0 Å². The van der Waals surface area contributed by atoms with Crippen LogP contribution in [0.3, 0.4) is 0 Å². The van der Waals surface area contributed by atoms with Gasteiger partial charge in [0.05, 0.1) is 5.92 Å². The van der Waals surface area contributed by atoms with Crippen LogP contribution in [0.5, 0.6) is 0 Å². The third kappa shape index (κ3) is 6.37. The highest BCUT2D eigenvalue weighted by Gasteiger charge is 2.25. The largest absolute Gasteiger partial charge is 0.481 e.